The van der Waals surface area contributed by atoms with Gasteiger partial charge in [-0.2, -0.15) is 0 Å². The Morgan fingerprint density at radius 2 is 1.78 bits per heavy atom. The maximum Gasteiger partial charge on any atom is 0.331 e. The molecule has 1 heterocycles. The van der Waals surface area contributed by atoms with Gasteiger partial charge >= 0.3 is 17.9 Å². The highest BCUT2D eigenvalue weighted by atomic mass is 16.6. The summed E-state index contributed by atoms with van der Waals surface area (Å²) >= 11 is 0. The zero-order chi connectivity index (χ0) is 27.1. The van der Waals surface area contributed by atoms with Gasteiger partial charge in [0.25, 0.3) is 0 Å². The third-order valence-corrected chi connectivity index (χ3v) is 6.27. The number of esters is 3. The second-order valence-electron chi connectivity index (χ2n) is 9.73. The molecule has 2 aromatic rings. The van der Waals surface area contributed by atoms with E-state index in [-0.39, 0.29) is 5.92 Å². The zero-order valence-corrected chi connectivity index (χ0v) is 22.4. The summed E-state index contributed by atoms with van der Waals surface area (Å²) in [7, 11) is 1.86. The molecule has 0 aliphatic heterocycles. The van der Waals surface area contributed by atoms with Crippen LogP contribution in [0, 0.1) is 6.92 Å². The molecule has 0 saturated heterocycles. The van der Waals surface area contributed by atoms with Crippen molar-refractivity contribution in [2.45, 2.75) is 78.1 Å². The standard InChI is InChI=1S/C29H36N2O6/c1-18(2)24-12-10-19(3)25-14-23(37-29(34)13-11-22-16-31(6)17-30-22)8-7-9-27(35-20(4)32)28(15-26(24)25)36-21(5)33/h7,9-13,16-18,23,27-28H,8,14-15H2,1-6H3/b9-7-,13-11+. The highest BCUT2D eigenvalue weighted by molar-refractivity contribution is 5.86. The second-order valence-corrected chi connectivity index (χ2v) is 9.73. The second kappa shape index (κ2) is 12.5. The van der Waals surface area contributed by atoms with E-state index in [4.69, 9.17) is 14.2 Å². The van der Waals surface area contributed by atoms with Crippen molar-refractivity contribution in [2.24, 2.45) is 7.05 Å². The average molecular weight is 509 g/mol. The van der Waals surface area contributed by atoms with Crippen molar-refractivity contribution in [3.05, 3.63) is 70.8 Å². The van der Waals surface area contributed by atoms with E-state index in [2.05, 4.69) is 31.0 Å². The minimum absolute atomic E-state index is 0.209. The van der Waals surface area contributed by atoms with Crippen LogP contribution in [0.25, 0.3) is 6.08 Å². The topological polar surface area (TPSA) is 96.7 Å². The van der Waals surface area contributed by atoms with Gasteiger partial charge in [-0.1, -0.05) is 32.1 Å². The molecule has 8 nitrogen and oxygen atoms in total. The van der Waals surface area contributed by atoms with Gasteiger partial charge in [0.05, 0.1) is 12.0 Å². The van der Waals surface area contributed by atoms with Crippen LogP contribution >= 0.6 is 0 Å². The molecule has 3 atom stereocenters. The fourth-order valence-corrected chi connectivity index (χ4v) is 4.61. The molecule has 0 fully saturated rings. The smallest absolute Gasteiger partial charge is 0.331 e. The molecule has 0 radical (unpaired) electrons. The normalized spacial score (nSPS) is 20.8. The quantitative estimate of drug-likeness (QED) is 0.247. The maximum absolute atomic E-state index is 12.7. The molecule has 1 aromatic heterocycles. The number of hydrogen-bond donors (Lipinski definition) is 0. The first-order valence-electron chi connectivity index (χ1n) is 12.5. The first-order valence-corrected chi connectivity index (χ1v) is 12.5. The molecule has 0 bridgehead atoms. The summed E-state index contributed by atoms with van der Waals surface area (Å²) in [6.45, 7) is 8.91. The fourth-order valence-electron chi connectivity index (χ4n) is 4.61. The van der Waals surface area contributed by atoms with Gasteiger partial charge < -0.3 is 18.8 Å². The third-order valence-electron chi connectivity index (χ3n) is 6.27. The molecule has 3 unspecified atom stereocenters. The first-order chi connectivity index (χ1) is 17.5. The number of imidazole rings is 1. The van der Waals surface area contributed by atoms with Crippen LogP contribution in [0.3, 0.4) is 0 Å². The molecule has 1 aliphatic rings. The van der Waals surface area contributed by atoms with Crippen molar-refractivity contribution in [1.82, 2.24) is 9.55 Å². The zero-order valence-electron chi connectivity index (χ0n) is 22.4. The number of benzene rings is 1. The Morgan fingerprint density at radius 3 is 2.41 bits per heavy atom. The molecule has 37 heavy (non-hydrogen) atoms. The van der Waals surface area contributed by atoms with Crippen molar-refractivity contribution in [3.8, 4) is 0 Å². The van der Waals surface area contributed by atoms with Crippen molar-refractivity contribution in [3.63, 3.8) is 0 Å². The lowest BCUT2D eigenvalue weighted by Gasteiger charge is -2.29. The first kappa shape index (κ1) is 27.9. The van der Waals surface area contributed by atoms with Crippen LogP contribution in [0.4, 0.5) is 0 Å². The number of carbonyl (C=O) groups is 3. The predicted molar refractivity (Wildman–Crippen MR) is 140 cm³/mol. The molecule has 0 amide bonds. The van der Waals surface area contributed by atoms with Gasteiger partial charge in [0.1, 0.15) is 12.2 Å². The van der Waals surface area contributed by atoms with E-state index in [9.17, 15) is 14.4 Å². The number of fused-ring (bicyclic) bond motifs is 1. The van der Waals surface area contributed by atoms with E-state index < -0.39 is 36.2 Å². The van der Waals surface area contributed by atoms with E-state index in [1.165, 1.54) is 19.9 Å². The molecule has 1 aromatic carbocycles. The highest BCUT2D eigenvalue weighted by Crippen LogP contribution is 2.31. The lowest BCUT2D eigenvalue weighted by molar-refractivity contribution is -0.161. The summed E-state index contributed by atoms with van der Waals surface area (Å²) in [6, 6.07) is 4.16. The largest absolute Gasteiger partial charge is 0.459 e. The van der Waals surface area contributed by atoms with E-state index in [0.29, 0.717) is 25.0 Å². The summed E-state index contributed by atoms with van der Waals surface area (Å²) in [5.41, 5.74) is 4.91. The number of ether oxygens (including phenoxy) is 3. The molecule has 0 N–H and O–H groups in total. The van der Waals surface area contributed by atoms with Gasteiger partial charge in [-0.3, -0.25) is 9.59 Å². The monoisotopic (exact) mass is 508 g/mol. The van der Waals surface area contributed by atoms with Crippen LogP contribution in [0.2, 0.25) is 0 Å². The number of aromatic nitrogens is 2. The summed E-state index contributed by atoms with van der Waals surface area (Å²) < 4.78 is 18.9. The van der Waals surface area contributed by atoms with E-state index in [1.54, 1.807) is 29.2 Å². The Morgan fingerprint density at radius 1 is 1.05 bits per heavy atom. The van der Waals surface area contributed by atoms with Crippen molar-refractivity contribution < 1.29 is 28.6 Å². The van der Waals surface area contributed by atoms with Crippen LogP contribution in [-0.2, 0) is 48.5 Å². The molecule has 0 spiro atoms. The Hall–Kier alpha value is -3.68. The summed E-state index contributed by atoms with van der Waals surface area (Å²) in [6.07, 6.45) is 9.36. The number of aryl methyl sites for hydroxylation is 2. The molecule has 8 heteroatoms. The summed E-state index contributed by atoms with van der Waals surface area (Å²) in [5, 5.41) is 0. The summed E-state index contributed by atoms with van der Waals surface area (Å²) in [4.78, 5) is 40.8. The molecule has 198 valence electrons. The van der Waals surface area contributed by atoms with Crippen LogP contribution < -0.4 is 0 Å². The fraction of sp³-hybridized carbons (Fsp3) is 0.448. The minimum atomic E-state index is -0.770. The highest BCUT2D eigenvalue weighted by Gasteiger charge is 2.30. The Labute approximate surface area is 218 Å². The molecule has 3 rings (SSSR count). The van der Waals surface area contributed by atoms with Crippen LogP contribution in [0.1, 0.15) is 68.0 Å². The summed E-state index contributed by atoms with van der Waals surface area (Å²) in [5.74, 6) is -1.17. The van der Waals surface area contributed by atoms with Gasteiger partial charge in [-0.05, 0) is 47.2 Å². The Kier molecular flexibility index (Phi) is 9.44. The van der Waals surface area contributed by atoms with Crippen LogP contribution in [0.15, 0.2) is 42.9 Å². The number of carbonyl (C=O) groups excluding carboxylic acids is 3. The van der Waals surface area contributed by atoms with Gasteiger partial charge in [0, 0.05) is 52.4 Å². The molecule has 0 saturated carbocycles. The predicted octanol–water partition coefficient (Wildman–Crippen LogP) is 4.39. The third kappa shape index (κ3) is 7.90. The SMILES string of the molecule is CC(=O)OC1/C=C\CC(OC(=O)/C=C/c2cn(C)cn2)Cc2c(C)ccc(C(C)C)c2CC1OC(C)=O. The van der Waals surface area contributed by atoms with Gasteiger partial charge in [-0.25, -0.2) is 9.78 Å². The van der Waals surface area contributed by atoms with Crippen LogP contribution in [-0.4, -0.2) is 45.8 Å². The lowest BCUT2D eigenvalue weighted by Crippen LogP contribution is -2.36. The van der Waals surface area contributed by atoms with Gasteiger partial charge in [0.2, 0.25) is 0 Å². The van der Waals surface area contributed by atoms with Crippen LogP contribution in [0.5, 0.6) is 0 Å². The lowest BCUT2D eigenvalue weighted by atomic mass is 9.83. The Bertz CT molecular complexity index is 1190. The van der Waals surface area contributed by atoms with E-state index >= 15 is 0 Å². The molecular weight excluding hydrogens is 472 g/mol. The van der Waals surface area contributed by atoms with Crippen molar-refractivity contribution >= 4 is 24.0 Å². The minimum Gasteiger partial charge on any atom is -0.459 e. The van der Waals surface area contributed by atoms with Gasteiger partial charge in [-0.15, -0.1) is 0 Å². The maximum atomic E-state index is 12.7. The van der Waals surface area contributed by atoms with E-state index in [1.807, 2.05) is 20.0 Å². The van der Waals surface area contributed by atoms with E-state index in [0.717, 1.165) is 22.3 Å². The number of rotatable bonds is 6. The Balaban J connectivity index is 1.99. The molecule has 1 aliphatic carbocycles. The number of hydrogen-bond acceptors (Lipinski definition) is 7. The molecular formula is C29H36N2O6. The van der Waals surface area contributed by atoms with Crippen molar-refractivity contribution in [2.75, 3.05) is 0 Å². The number of nitrogens with zero attached hydrogens (tertiary/aromatic N) is 2. The average Bonchev–Trinajstić information content (AvgIpc) is 3.22. The van der Waals surface area contributed by atoms with Crippen molar-refractivity contribution in [1.29, 1.82) is 0 Å². The van der Waals surface area contributed by atoms with Gasteiger partial charge in [0.15, 0.2) is 6.10 Å².